The average molecular weight is 368 g/mol. The van der Waals surface area contributed by atoms with Crippen molar-refractivity contribution in [3.05, 3.63) is 59.7 Å². The number of ether oxygens (including phenoxy) is 2. The van der Waals surface area contributed by atoms with Crippen LogP contribution in [0.2, 0.25) is 0 Å². The molecule has 2 aromatic carbocycles. The van der Waals surface area contributed by atoms with E-state index in [1.54, 1.807) is 4.90 Å². The van der Waals surface area contributed by atoms with Crippen LogP contribution in [0.3, 0.4) is 0 Å². The van der Waals surface area contributed by atoms with Crippen LogP contribution in [-0.2, 0) is 22.6 Å². The highest BCUT2D eigenvalue weighted by Crippen LogP contribution is 2.32. The highest BCUT2D eigenvalue weighted by molar-refractivity contribution is 5.83. The largest absolute Gasteiger partial charge is 0.454 e. The molecule has 1 heterocycles. The molecule has 0 radical (unpaired) electrons. The summed E-state index contributed by atoms with van der Waals surface area (Å²) in [5.41, 5.74) is 2.15. The van der Waals surface area contributed by atoms with Crippen molar-refractivity contribution in [2.45, 2.75) is 26.3 Å². The maximum absolute atomic E-state index is 12.2. The first-order valence-corrected chi connectivity index (χ1v) is 9.06. The fourth-order valence-corrected chi connectivity index (χ4v) is 2.95. The molecule has 2 aromatic rings. The predicted molar refractivity (Wildman–Crippen MR) is 101 cm³/mol. The van der Waals surface area contributed by atoms with Gasteiger partial charge in [0, 0.05) is 20.0 Å². The van der Waals surface area contributed by atoms with Crippen LogP contribution in [0.25, 0.3) is 0 Å². The smallest absolute Gasteiger partial charge is 0.239 e. The number of fused-ring (bicyclic) bond motifs is 1. The van der Waals surface area contributed by atoms with Crippen molar-refractivity contribution in [1.29, 1.82) is 0 Å². The van der Waals surface area contributed by atoms with E-state index in [2.05, 4.69) is 17.4 Å². The van der Waals surface area contributed by atoms with Crippen molar-refractivity contribution < 1.29 is 19.1 Å². The van der Waals surface area contributed by atoms with Gasteiger partial charge in [0.2, 0.25) is 18.6 Å². The Balaban J connectivity index is 1.44. The summed E-state index contributed by atoms with van der Waals surface area (Å²) >= 11 is 0. The van der Waals surface area contributed by atoms with Crippen LogP contribution >= 0.6 is 0 Å². The number of nitrogens with one attached hydrogen (secondary N) is 1. The molecule has 1 aliphatic rings. The molecule has 0 saturated heterocycles. The minimum absolute atomic E-state index is 0.0642. The van der Waals surface area contributed by atoms with Gasteiger partial charge in [0.25, 0.3) is 0 Å². The molecule has 27 heavy (non-hydrogen) atoms. The molecule has 0 unspecified atom stereocenters. The number of benzene rings is 2. The number of hydrogen-bond acceptors (Lipinski definition) is 4. The third kappa shape index (κ3) is 5.48. The van der Waals surface area contributed by atoms with E-state index in [1.165, 1.54) is 12.5 Å². The van der Waals surface area contributed by atoms with Gasteiger partial charge in [-0.1, -0.05) is 36.4 Å². The molecule has 6 heteroatoms. The molecule has 0 saturated carbocycles. The fraction of sp³-hybridized carbons (Fsp3) is 0.333. The number of rotatable bonds is 8. The lowest BCUT2D eigenvalue weighted by Crippen LogP contribution is -2.40. The summed E-state index contributed by atoms with van der Waals surface area (Å²) < 4.78 is 10.6. The van der Waals surface area contributed by atoms with Gasteiger partial charge in [-0.3, -0.25) is 9.59 Å². The first-order chi connectivity index (χ1) is 13.1. The van der Waals surface area contributed by atoms with E-state index in [0.717, 1.165) is 18.4 Å². The molecule has 1 aliphatic heterocycles. The van der Waals surface area contributed by atoms with E-state index >= 15 is 0 Å². The SMILES string of the molecule is CC(=O)N(CCCc1ccccc1)CC(=O)NCc1ccc2c(c1)OCO2. The Morgan fingerprint density at radius 1 is 1.04 bits per heavy atom. The fourth-order valence-electron chi connectivity index (χ4n) is 2.95. The molecule has 0 aliphatic carbocycles. The molecule has 0 fully saturated rings. The van der Waals surface area contributed by atoms with E-state index in [4.69, 9.17) is 9.47 Å². The molecule has 142 valence electrons. The second-order valence-corrected chi connectivity index (χ2v) is 6.49. The number of nitrogens with zero attached hydrogens (tertiary/aromatic N) is 1. The molecule has 0 atom stereocenters. The summed E-state index contributed by atoms with van der Waals surface area (Å²) in [6, 6.07) is 15.7. The summed E-state index contributed by atoms with van der Waals surface area (Å²) in [7, 11) is 0. The predicted octanol–water partition coefficient (Wildman–Crippen LogP) is 2.51. The molecular weight excluding hydrogens is 344 g/mol. The van der Waals surface area contributed by atoms with Crippen molar-refractivity contribution in [3.8, 4) is 11.5 Å². The Labute approximate surface area is 159 Å². The second kappa shape index (κ2) is 9.07. The lowest BCUT2D eigenvalue weighted by molar-refractivity contribution is -0.134. The highest BCUT2D eigenvalue weighted by Gasteiger charge is 2.15. The van der Waals surface area contributed by atoms with Crippen LogP contribution in [-0.4, -0.2) is 36.6 Å². The summed E-state index contributed by atoms with van der Waals surface area (Å²) in [6.45, 7) is 2.72. The van der Waals surface area contributed by atoms with Crippen molar-refractivity contribution in [2.24, 2.45) is 0 Å². The third-order valence-electron chi connectivity index (χ3n) is 4.44. The summed E-state index contributed by atoms with van der Waals surface area (Å²) in [5.74, 6) is 1.13. The van der Waals surface area contributed by atoms with Gasteiger partial charge in [-0.05, 0) is 36.1 Å². The Kier molecular flexibility index (Phi) is 6.30. The first kappa shape index (κ1) is 18.8. The van der Waals surface area contributed by atoms with Crippen LogP contribution in [0.4, 0.5) is 0 Å². The van der Waals surface area contributed by atoms with E-state index in [1.807, 2.05) is 36.4 Å². The van der Waals surface area contributed by atoms with Crippen molar-refractivity contribution >= 4 is 11.8 Å². The zero-order chi connectivity index (χ0) is 19.1. The number of hydrogen-bond donors (Lipinski definition) is 1. The summed E-state index contributed by atoms with van der Waals surface area (Å²) in [5, 5.41) is 2.85. The minimum Gasteiger partial charge on any atom is -0.454 e. The molecule has 0 aromatic heterocycles. The first-order valence-electron chi connectivity index (χ1n) is 9.06. The van der Waals surface area contributed by atoms with Crippen LogP contribution in [0, 0.1) is 0 Å². The average Bonchev–Trinajstić information content (AvgIpc) is 3.14. The lowest BCUT2D eigenvalue weighted by atomic mass is 10.1. The molecule has 1 N–H and O–H groups in total. The monoisotopic (exact) mass is 368 g/mol. The van der Waals surface area contributed by atoms with Gasteiger partial charge in [0.1, 0.15) is 0 Å². The lowest BCUT2D eigenvalue weighted by Gasteiger charge is -2.20. The Morgan fingerprint density at radius 2 is 1.81 bits per heavy atom. The standard InChI is InChI=1S/C21H24N2O4/c1-16(24)23(11-5-8-17-6-3-2-4-7-17)14-21(25)22-13-18-9-10-19-20(12-18)27-15-26-19/h2-4,6-7,9-10,12H,5,8,11,13-15H2,1H3,(H,22,25). The van der Waals surface area contributed by atoms with E-state index in [0.29, 0.717) is 24.6 Å². The number of carbonyl (C=O) groups is 2. The van der Waals surface area contributed by atoms with E-state index in [9.17, 15) is 9.59 Å². The van der Waals surface area contributed by atoms with Crippen LogP contribution in [0.5, 0.6) is 11.5 Å². The zero-order valence-electron chi connectivity index (χ0n) is 15.4. The maximum atomic E-state index is 12.2. The third-order valence-corrected chi connectivity index (χ3v) is 4.44. The van der Waals surface area contributed by atoms with Gasteiger partial charge in [-0.15, -0.1) is 0 Å². The highest BCUT2D eigenvalue weighted by atomic mass is 16.7. The second-order valence-electron chi connectivity index (χ2n) is 6.49. The number of carbonyl (C=O) groups excluding carboxylic acids is 2. The molecule has 0 spiro atoms. The van der Waals surface area contributed by atoms with Gasteiger partial charge < -0.3 is 19.7 Å². The zero-order valence-corrected chi connectivity index (χ0v) is 15.4. The Bertz CT molecular complexity index is 792. The Morgan fingerprint density at radius 3 is 2.59 bits per heavy atom. The van der Waals surface area contributed by atoms with E-state index < -0.39 is 0 Å². The topological polar surface area (TPSA) is 67.9 Å². The van der Waals surface area contributed by atoms with Gasteiger partial charge in [-0.25, -0.2) is 0 Å². The van der Waals surface area contributed by atoms with Crippen molar-refractivity contribution in [3.63, 3.8) is 0 Å². The van der Waals surface area contributed by atoms with Crippen molar-refractivity contribution in [2.75, 3.05) is 19.9 Å². The van der Waals surface area contributed by atoms with Crippen LogP contribution in [0.15, 0.2) is 48.5 Å². The van der Waals surface area contributed by atoms with Gasteiger partial charge >= 0.3 is 0 Å². The molecule has 2 amide bonds. The van der Waals surface area contributed by atoms with Gasteiger partial charge in [-0.2, -0.15) is 0 Å². The number of amides is 2. The van der Waals surface area contributed by atoms with Gasteiger partial charge in [0.15, 0.2) is 11.5 Å². The quantitative estimate of drug-likeness (QED) is 0.777. The van der Waals surface area contributed by atoms with Crippen LogP contribution < -0.4 is 14.8 Å². The van der Waals surface area contributed by atoms with Crippen molar-refractivity contribution in [1.82, 2.24) is 10.2 Å². The minimum atomic E-state index is -0.178. The van der Waals surface area contributed by atoms with Gasteiger partial charge in [0.05, 0.1) is 6.54 Å². The normalized spacial score (nSPS) is 11.9. The maximum Gasteiger partial charge on any atom is 0.239 e. The van der Waals surface area contributed by atoms with Crippen LogP contribution in [0.1, 0.15) is 24.5 Å². The number of aryl methyl sites for hydroxylation is 1. The summed E-state index contributed by atoms with van der Waals surface area (Å²) in [6.07, 6.45) is 1.70. The van der Waals surface area contributed by atoms with E-state index in [-0.39, 0.29) is 25.2 Å². The molecule has 0 bridgehead atoms. The molecular formula is C21H24N2O4. The summed E-state index contributed by atoms with van der Waals surface area (Å²) in [4.78, 5) is 25.7. The Hall–Kier alpha value is -3.02. The molecule has 3 rings (SSSR count). The molecule has 6 nitrogen and oxygen atoms in total.